The summed E-state index contributed by atoms with van der Waals surface area (Å²) in [6.45, 7) is 2.09. The van der Waals surface area contributed by atoms with Crippen LogP contribution in [0.3, 0.4) is 0 Å². The molecule has 1 amide bonds. The number of carbonyl (C=O) groups excluding carboxylic acids is 1. The van der Waals surface area contributed by atoms with Gasteiger partial charge in [0.1, 0.15) is 5.02 Å². The number of hydrogen-bond donors (Lipinski definition) is 1. The zero-order chi connectivity index (χ0) is 19.3. The molecule has 0 atom stereocenters. The van der Waals surface area contributed by atoms with Crippen LogP contribution in [0.2, 0.25) is 5.02 Å². The Morgan fingerprint density at radius 1 is 1.12 bits per heavy atom. The molecule has 0 aromatic heterocycles. The number of unbranched alkanes of at least 4 members (excludes halogenated alkanes) is 1. The zero-order valence-electron chi connectivity index (χ0n) is 13.9. The monoisotopic (exact) mass is 377 g/mol. The number of nitrogens with zero attached hydrogens (tertiary/aromatic N) is 2. The summed E-state index contributed by atoms with van der Waals surface area (Å²) in [7, 11) is 0. The maximum absolute atomic E-state index is 12.4. The lowest BCUT2D eigenvalue weighted by Crippen LogP contribution is -2.13. The first-order valence-electron chi connectivity index (χ1n) is 7.86. The van der Waals surface area contributed by atoms with Gasteiger partial charge in [-0.25, -0.2) is 0 Å². The van der Waals surface area contributed by atoms with E-state index in [-0.39, 0.29) is 5.56 Å². The number of benzene rings is 2. The van der Waals surface area contributed by atoms with Crippen molar-refractivity contribution < 1.29 is 14.6 Å². The van der Waals surface area contributed by atoms with Gasteiger partial charge in [-0.05, 0) is 30.5 Å². The molecule has 0 radical (unpaired) electrons. The van der Waals surface area contributed by atoms with Crippen molar-refractivity contribution in [2.45, 2.75) is 26.2 Å². The molecule has 8 nitrogen and oxygen atoms in total. The van der Waals surface area contributed by atoms with Crippen LogP contribution in [0.1, 0.15) is 35.7 Å². The van der Waals surface area contributed by atoms with E-state index >= 15 is 0 Å². The number of non-ortho nitro benzene ring substituents is 1. The summed E-state index contributed by atoms with van der Waals surface area (Å²) in [6.07, 6.45) is 3.05. The van der Waals surface area contributed by atoms with Crippen LogP contribution in [0.5, 0.6) is 0 Å². The fraction of sp³-hybridized carbons (Fsp3) is 0.235. The van der Waals surface area contributed by atoms with Crippen LogP contribution in [-0.2, 0) is 6.42 Å². The Hall–Kier alpha value is -3.00. The van der Waals surface area contributed by atoms with Gasteiger partial charge in [0.15, 0.2) is 0 Å². The molecule has 0 spiro atoms. The third kappa shape index (κ3) is 4.54. The largest absolute Gasteiger partial charge is 0.322 e. The predicted molar refractivity (Wildman–Crippen MR) is 97.8 cm³/mol. The third-order valence-corrected chi connectivity index (χ3v) is 4.12. The lowest BCUT2D eigenvalue weighted by molar-refractivity contribution is -0.394. The van der Waals surface area contributed by atoms with Gasteiger partial charge in [0, 0.05) is 11.8 Å². The first kappa shape index (κ1) is 19.3. The standard InChI is InChI=1S/C17H16ClN3O5/c1-2-3-4-11-5-7-12(8-6-11)19-17(22)14-9-13(20(23)24)10-15(16(14)18)21(25)26/h5-10H,2-4H2,1H3,(H,19,22). The first-order valence-corrected chi connectivity index (χ1v) is 8.24. The maximum atomic E-state index is 12.4. The minimum atomic E-state index is -0.866. The Morgan fingerprint density at radius 3 is 2.31 bits per heavy atom. The Morgan fingerprint density at radius 2 is 1.77 bits per heavy atom. The fourth-order valence-corrected chi connectivity index (χ4v) is 2.60. The van der Waals surface area contributed by atoms with Crippen LogP contribution in [-0.4, -0.2) is 15.8 Å². The highest BCUT2D eigenvalue weighted by molar-refractivity contribution is 6.36. The molecule has 0 unspecified atom stereocenters. The summed E-state index contributed by atoms with van der Waals surface area (Å²) in [5, 5.41) is 24.1. The molecule has 0 aliphatic rings. The van der Waals surface area contributed by atoms with Crippen molar-refractivity contribution in [3.05, 3.63) is 72.8 Å². The van der Waals surface area contributed by atoms with Crippen LogP contribution in [0, 0.1) is 20.2 Å². The van der Waals surface area contributed by atoms with E-state index in [0.29, 0.717) is 5.69 Å². The van der Waals surface area contributed by atoms with Crippen molar-refractivity contribution in [3.63, 3.8) is 0 Å². The van der Waals surface area contributed by atoms with Crippen molar-refractivity contribution in [3.8, 4) is 0 Å². The summed E-state index contributed by atoms with van der Waals surface area (Å²) in [6, 6.07) is 8.76. The molecule has 0 saturated carbocycles. The van der Waals surface area contributed by atoms with E-state index in [4.69, 9.17) is 11.6 Å². The molecule has 9 heteroatoms. The van der Waals surface area contributed by atoms with E-state index in [1.165, 1.54) is 0 Å². The lowest BCUT2D eigenvalue weighted by atomic mass is 10.1. The van der Waals surface area contributed by atoms with Crippen molar-refractivity contribution >= 4 is 34.6 Å². The Labute approximate surface area is 154 Å². The normalized spacial score (nSPS) is 10.4. The molecule has 2 aromatic carbocycles. The Balaban J connectivity index is 2.28. The van der Waals surface area contributed by atoms with E-state index in [1.807, 2.05) is 12.1 Å². The van der Waals surface area contributed by atoms with Crippen LogP contribution in [0.25, 0.3) is 0 Å². The van der Waals surface area contributed by atoms with Gasteiger partial charge in [0.05, 0.1) is 21.5 Å². The summed E-state index contributed by atoms with van der Waals surface area (Å²) in [5.74, 6) is -0.761. The minimum absolute atomic E-state index is 0.331. The van der Waals surface area contributed by atoms with Gasteiger partial charge in [0.2, 0.25) is 0 Å². The SMILES string of the molecule is CCCCc1ccc(NC(=O)c2cc([N+](=O)[O-])cc([N+](=O)[O-])c2Cl)cc1. The highest BCUT2D eigenvalue weighted by Crippen LogP contribution is 2.33. The molecule has 0 fully saturated rings. The fourth-order valence-electron chi connectivity index (χ4n) is 2.33. The molecular weight excluding hydrogens is 362 g/mol. The number of nitrogens with one attached hydrogen (secondary N) is 1. The molecule has 0 aliphatic heterocycles. The summed E-state index contributed by atoms with van der Waals surface area (Å²) in [5.41, 5.74) is -0.0286. The molecule has 0 bridgehead atoms. The number of aryl methyl sites for hydroxylation is 1. The molecule has 0 heterocycles. The van der Waals surface area contributed by atoms with Gasteiger partial charge in [-0.3, -0.25) is 25.0 Å². The molecular formula is C17H16ClN3O5. The molecule has 0 saturated heterocycles. The maximum Gasteiger partial charge on any atom is 0.295 e. The lowest BCUT2D eigenvalue weighted by Gasteiger charge is -2.08. The number of rotatable bonds is 7. The van der Waals surface area contributed by atoms with E-state index in [0.717, 1.165) is 37.0 Å². The molecule has 2 rings (SSSR count). The topological polar surface area (TPSA) is 115 Å². The first-order chi connectivity index (χ1) is 12.3. The summed E-state index contributed by atoms with van der Waals surface area (Å²) < 4.78 is 0. The number of nitro benzene ring substituents is 2. The zero-order valence-corrected chi connectivity index (χ0v) is 14.7. The second-order valence-electron chi connectivity index (χ2n) is 5.60. The van der Waals surface area contributed by atoms with Crippen LogP contribution in [0.4, 0.5) is 17.1 Å². The van der Waals surface area contributed by atoms with Gasteiger partial charge in [-0.2, -0.15) is 0 Å². The molecule has 1 N–H and O–H groups in total. The van der Waals surface area contributed by atoms with Gasteiger partial charge in [-0.15, -0.1) is 0 Å². The summed E-state index contributed by atoms with van der Waals surface area (Å²) in [4.78, 5) is 32.7. The van der Waals surface area contributed by atoms with Gasteiger partial charge in [-0.1, -0.05) is 37.1 Å². The average Bonchev–Trinajstić information content (AvgIpc) is 2.60. The van der Waals surface area contributed by atoms with Crippen molar-refractivity contribution in [1.29, 1.82) is 0 Å². The van der Waals surface area contributed by atoms with Crippen molar-refractivity contribution in [1.82, 2.24) is 0 Å². The van der Waals surface area contributed by atoms with Gasteiger partial charge < -0.3 is 5.32 Å². The Kier molecular flexibility index (Phi) is 6.24. The van der Waals surface area contributed by atoms with Gasteiger partial charge >= 0.3 is 0 Å². The number of anilines is 1. The Bertz CT molecular complexity index is 852. The van der Waals surface area contributed by atoms with E-state index in [2.05, 4.69) is 12.2 Å². The second-order valence-corrected chi connectivity index (χ2v) is 5.97. The van der Waals surface area contributed by atoms with Crippen LogP contribution < -0.4 is 5.32 Å². The number of halogens is 1. The smallest absolute Gasteiger partial charge is 0.295 e. The number of amides is 1. The quantitative estimate of drug-likeness (QED) is 0.552. The second kappa shape index (κ2) is 8.39. The highest BCUT2D eigenvalue weighted by atomic mass is 35.5. The highest BCUT2D eigenvalue weighted by Gasteiger charge is 2.26. The molecule has 2 aromatic rings. The van der Waals surface area contributed by atoms with E-state index < -0.39 is 32.2 Å². The summed E-state index contributed by atoms with van der Waals surface area (Å²) >= 11 is 5.90. The number of hydrogen-bond acceptors (Lipinski definition) is 5. The number of nitro groups is 2. The molecule has 26 heavy (non-hydrogen) atoms. The van der Waals surface area contributed by atoms with E-state index in [9.17, 15) is 25.0 Å². The molecule has 0 aliphatic carbocycles. The third-order valence-electron chi connectivity index (χ3n) is 3.72. The van der Waals surface area contributed by atoms with Gasteiger partial charge in [0.25, 0.3) is 17.3 Å². The van der Waals surface area contributed by atoms with Crippen molar-refractivity contribution in [2.75, 3.05) is 5.32 Å². The van der Waals surface area contributed by atoms with Crippen molar-refractivity contribution in [2.24, 2.45) is 0 Å². The average molecular weight is 378 g/mol. The number of carbonyl (C=O) groups is 1. The van der Waals surface area contributed by atoms with E-state index in [1.54, 1.807) is 12.1 Å². The molecule has 136 valence electrons. The van der Waals surface area contributed by atoms with Crippen LogP contribution >= 0.6 is 11.6 Å². The van der Waals surface area contributed by atoms with Crippen LogP contribution in [0.15, 0.2) is 36.4 Å². The predicted octanol–water partition coefficient (Wildman–Crippen LogP) is 4.75. The minimum Gasteiger partial charge on any atom is -0.322 e.